The van der Waals surface area contributed by atoms with E-state index in [9.17, 15) is 9.59 Å². The van der Waals surface area contributed by atoms with E-state index in [1.165, 1.54) is 0 Å². The van der Waals surface area contributed by atoms with Gasteiger partial charge in [-0.15, -0.1) is 6.58 Å². The molecule has 1 amide bonds. The van der Waals surface area contributed by atoms with Crippen molar-refractivity contribution in [3.63, 3.8) is 0 Å². The van der Waals surface area contributed by atoms with Crippen LogP contribution >= 0.6 is 0 Å². The number of hydrogen-bond donors (Lipinski definition) is 1. The van der Waals surface area contributed by atoms with E-state index in [4.69, 9.17) is 5.11 Å². The van der Waals surface area contributed by atoms with Crippen LogP contribution in [-0.2, 0) is 4.79 Å². The number of amides is 1. The summed E-state index contributed by atoms with van der Waals surface area (Å²) < 4.78 is 0. The molecule has 0 spiro atoms. The van der Waals surface area contributed by atoms with Crippen molar-refractivity contribution in [2.45, 2.75) is 13.3 Å². The maximum absolute atomic E-state index is 11.9. The average molecular weight is 245 g/mol. The van der Waals surface area contributed by atoms with E-state index in [1.807, 2.05) is 6.92 Å². The molecule has 1 aliphatic heterocycles. The first-order valence-electron chi connectivity index (χ1n) is 5.79. The molecule has 0 saturated carbocycles. The molecule has 0 aromatic heterocycles. The van der Waals surface area contributed by atoms with E-state index < -0.39 is 5.97 Å². The third-order valence-electron chi connectivity index (χ3n) is 3.24. The quantitative estimate of drug-likeness (QED) is 0.831. The maximum atomic E-state index is 11.9. The van der Waals surface area contributed by atoms with Crippen molar-refractivity contribution in [2.75, 3.05) is 11.4 Å². The van der Waals surface area contributed by atoms with Crippen molar-refractivity contribution in [1.29, 1.82) is 0 Å². The summed E-state index contributed by atoms with van der Waals surface area (Å²) in [6.45, 7) is 6.15. The molecule has 0 radical (unpaired) electrons. The Balaban J connectivity index is 2.38. The highest BCUT2D eigenvalue weighted by Gasteiger charge is 2.29. The van der Waals surface area contributed by atoms with E-state index in [0.717, 1.165) is 5.56 Å². The highest BCUT2D eigenvalue weighted by molar-refractivity contribution is 5.98. The van der Waals surface area contributed by atoms with Crippen LogP contribution in [0.4, 0.5) is 5.69 Å². The maximum Gasteiger partial charge on any atom is 0.335 e. The van der Waals surface area contributed by atoms with E-state index in [2.05, 4.69) is 6.58 Å². The minimum Gasteiger partial charge on any atom is -0.478 e. The third kappa shape index (κ3) is 2.14. The number of carbonyl (C=O) groups excluding carboxylic acids is 1. The van der Waals surface area contributed by atoms with Gasteiger partial charge in [-0.05, 0) is 24.6 Å². The van der Waals surface area contributed by atoms with Crippen LogP contribution < -0.4 is 4.90 Å². The van der Waals surface area contributed by atoms with Crippen LogP contribution in [0.3, 0.4) is 0 Å². The van der Waals surface area contributed by atoms with Gasteiger partial charge in [0, 0.05) is 24.6 Å². The zero-order valence-corrected chi connectivity index (χ0v) is 10.2. The van der Waals surface area contributed by atoms with Gasteiger partial charge < -0.3 is 10.0 Å². The Morgan fingerprint density at radius 1 is 1.56 bits per heavy atom. The molecule has 1 saturated heterocycles. The smallest absolute Gasteiger partial charge is 0.335 e. The van der Waals surface area contributed by atoms with Crippen LogP contribution in [0, 0.1) is 12.8 Å². The van der Waals surface area contributed by atoms with Crippen LogP contribution in [0.15, 0.2) is 30.9 Å². The largest absolute Gasteiger partial charge is 0.478 e. The molecule has 2 rings (SSSR count). The fraction of sp³-hybridized carbons (Fsp3) is 0.286. The van der Waals surface area contributed by atoms with Crippen LogP contribution in [0.2, 0.25) is 0 Å². The molecule has 1 aromatic rings. The Bertz CT molecular complexity index is 522. The van der Waals surface area contributed by atoms with Crippen LogP contribution in [0.25, 0.3) is 0 Å². The van der Waals surface area contributed by atoms with Gasteiger partial charge in [0.15, 0.2) is 0 Å². The van der Waals surface area contributed by atoms with Crippen LogP contribution in [-0.4, -0.2) is 23.5 Å². The SMILES string of the molecule is C=CC1CC(=O)N(c2cc(C(=O)O)ccc2C)C1. The summed E-state index contributed by atoms with van der Waals surface area (Å²) in [4.78, 5) is 24.5. The lowest BCUT2D eigenvalue weighted by Crippen LogP contribution is -2.25. The Morgan fingerprint density at radius 3 is 2.83 bits per heavy atom. The first kappa shape index (κ1) is 12.4. The molecular formula is C14H15NO3. The summed E-state index contributed by atoms with van der Waals surface area (Å²) in [6, 6.07) is 4.83. The molecule has 1 aromatic carbocycles. The number of carbonyl (C=O) groups is 2. The number of rotatable bonds is 3. The van der Waals surface area contributed by atoms with Gasteiger partial charge in [0.2, 0.25) is 5.91 Å². The molecule has 4 heteroatoms. The normalized spacial score (nSPS) is 19.1. The Kier molecular flexibility index (Phi) is 3.19. The summed E-state index contributed by atoms with van der Waals surface area (Å²) in [5.74, 6) is -0.820. The number of carboxylic acid groups (broad SMARTS) is 1. The number of hydrogen-bond acceptors (Lipinski definition) is 2. The summed E-state index contributed by atoms with van der Waals surface area (Å²) in [7, 11) is 0. The summed E-state index contributed by atoms with van der Waals surface area (Å²) in [5.41, 5.74) is 1.78. The molecule has 0 bridgehead atoms. The van der Waals surface area contributed by atoms with Gasteiger partial charge in [-0.3, -0.25) is 4.79 Å². The van der Waals surface area contributed by atoms with Crippen molar-refractivity contribution in [1.82, 2.24) is 0 Å². The molecule has 1 unspecified atom stereocenters. The molecule has 0 aliphatic carbocycles. The van der Waals surface area contributed by atoms with Gasteiger partial charge in [0.05, 0.1) is 5.56 Å². The minimum absolute atomic E-state index is 0.0190. The first-order chi connectivity index (χ1) is 8.52. The second kappa shape index (κ2) is 4.64. The molecular weight excluding hydrogens is 230 g/mol. The van der Waals surface area contributed by atoms with Crippen molar-refractivity contribution < 1.29 is 14.7 Å². The molecule has 94 valence electrons. The zero-order valence-electron chi connectivity index (χ0n) is 10.2. The average Bonchev–Trinajstić information content (AvgIpc) is 2.71. The molecule has 1 N–H and O–H groups in total. The van der Waals surface area contributed by atoms with Crippen molar-refractivity contribution in [3.8, 4) is 0 Å². The predicted octanol–water partition coefficient (Wildman–Crippen LogP) is 2.23. The van der Waals surface area contributed by atoms with Gasteiger partial charge in [0.25, 0.3) is 0 Å². The number of carboxylic acids is 1. The molecule has 18 heavy (non-hydrogen) atoms. The summed E-state index contributed by atoms with van der Waals surface area (Å²) in [5, 5.41) is 8.99. The molecule has 1 atom stereocenters. The van der Waals surface area contributed by atoms with Crippen LogP contribution in [0.5, 0.6) is 0 Å². The van der Waals surface area contributed by atoms with E-state index in [-0.39, 0.29) is 17.4 Å². The fourth-order valence-electron chi connectivity index (χ4n) is 2.16. The predicted molar refractivity (Wildman–Crippen MR) is 68.8 cm³/mol. The number of benzene rings is 1. The van der Waals surface area contributed by atoms with Gasteiger partial charge in [-0.25, -0.2) is 4.79 Å². The van der Waals surface area contributed by atoms with Crippen LogP contribution in [0.1, 0.15) is 22.3 Å². The van der Waals surface area contributed by atoms with E-state index in [0.29, 0.717) is 18.7 Å². The third-order valence-corrected chi connectivity index (χ3v) is 3.24. The minimum atomic E-state index is -0.983. The molecule has 1 heterocycles. The van der Waals surface area contributed by atoms with Gasteiger partial charge >= 0.3 is 5.97 Å². The van der Waals surface area contributed by atoms with Gasteiger partial charge in [-0.2, -0.15) is 0 Å². The lowest BCUT2D eigenvalue weighted by Gasteiger charge is -2.19. The topological polar surface area (TPSA) is 57.6 Å². The standard InChI is InChI=1S/C14H15NO3/c1-3-10-6-13(16)15(8-10)12-7-11(14(17)18)5-4-9(12)2/h3-5,7,10H,1,6,8H2,2H3,(H,17,18). The van der Waals surface area contributed by atoms with Crippen molar-refractivity contribution in [2.24, 2.45) is 5.92 Å². The fourth-order valence-corrected chi connectivity index (χ4v) is 2.16. The summed E-state index contributed by atoms with van der Waals surface area (Å²) in [6.07, 6.45) is 2.22. The summed E-state index contributed by atoms with van der Waals surface area (Å²) >= 11 is 0. The molecule has 1 aliphatic rings. The first-order valence-corrected chi connectivity index (χ1v) is 5.79. The number of aromatic carboxylic acids is 1. The molecule has 4 nitrogen and oxygen atoms in total. The van der Waals surface area contributed by atoms with Gasteiger partial charge in [-0.1, -0.05) is 12.1 Å². The van der Waals surface area contributed by atoms with Crippen molar-refractivity contribution >= 4 is 17.6 Å². The monoisotopic (exact) mass is 245 g/mol. The second-order valence-electron chi connectivity index (χ2n) is 4.51. The number of nitrogens with zero attached hydrogens (tertiary/aromatic N) is 1. The van der Waals surface area contributed by atoms with E-state index in [1.54, 1.807) is 29.2 Å². The Labute approximate surface area is 106 Å². The number of anilines is 1. The Morgan fingerprint density at radius 2 is 2.28 bits per heavy atom. The highest BCUT2D eigenvalue weighted by atomic mass is 16.4. The van der Waals surface area contributed by atoms with Gasteiger partial charge in [0.1, 0.15) is 0 Å². The lowest BCUT2D eigenvalue weighted by molar-refractivity contribution is -0.117. The molecule has 1 fully saturated rings. The number of aryl methyl sites for hydroxylation is 1. The Hall–Kier alpha value is -2.10. The lowest BCUT2D eigenvalue weighted by atomic mass is 10.1. The van der Waals surface area contributed by atoms with E-state index >= 15 is 0 Å². The zero-order chi connectivity index (χ0) is 13.3. The van der Waals surface area contributed by atoms with Crippen molar-refractivity contribution in [3.05, 3.63) is 42.0 Å². The second-order valence-corrected chi connectivity index (χ2v) is 4.51. The highest BCUT2D eigenvalue weighted by Crippen LogP contribution is 2.29.